The van der Waals surface area contributed by atoms with E-state index in [1.54, 1.807) is 12.1 Å². The minimum absolute atomic E-state index is 0.116. The predicted molar refractivity (Wildman–Crippen MR) is 91.8 cm³/mol. The van der Waals surface area contributed by atoms with E-state index in [0.717, 1.165) is 47.3 Å². The van der Waals surface area contributed by atoms with E-state index in [1.165, 1.54) is 23.5 Å². The summed E-state index contributed by atoms with van der Waals surface area (Å²) in [6.45, 7) is 5.64. The summed E-state index contributed by atoms with van der Waals surface area (Å²) in [5, 5.41) is 4.30. The van der Waals surface area contributed by atoms with Crippen molar-refractivity contribution in [1.82, 2.24) is 15.2 Å². The van der Waals surface area contributed by atoms with Crippen LogP contribution < -0.4 is 5.32 Å². The van der Waals surface area contributed by atoms with Crippen LogP contribution in [0.2, 0.25) is 0 Å². The summed E-state index contributed by atoms with van der Waals surface area (Å²) in [5.74, 6) is 1.07. The number of rotatable bonds is 3. The first kappa shape index (κ1) is 15.7. The standard InChI is InChI=1S/C18H20FN3OS/c1-11-17(18(23)22-9-13-7-20-8-14(13)10-22)24-16(21-11)6-12-2-4-15(19)5-3-12/h2-5,13-14,20H,6-10H2,1H3/t13-,14+. The number of nitrogens with zero attached hydrogens (tertiary/aromatic N) is 2. The van der Waals surface area contributed by atoms with Crippen molar-refractivity contribution in [3.63, 3.8) is 0 Å². The largest absolute Gasteiger partial charge is 0.337 e. The Balaban J connectivity index is 1.49. The van der Waals surface area contributed by atoms with Crippen molar-refractivity contribution in [3.8, 4) is 0 Å². The highest BCUT2D eigenvalue weighted by Gasteiger charge is 2.39. The first-order valence-corrected chi connectivity index (χ1v) is 9.12. The molecule has 2 atom stereocenters. The molecule has 6 heteroatoms. The number of carbonyl (C=O) groups excluding carboxylic acids is 1. The number of thiazole rings is 1. The van der Waals surface area contributed by atoms with E-state index < -0.39 is 0 Å². The summed E-state index contributed by atoms with van der Waals surface area (Å²) in [7, 11) is 0. The molecular formula is C18H20FN3OS. The zero-order valence-corrected chi connectivity index (χ0v) is 14.4. The minimum Gasteiger partial charge on any atom is -0.337 e. The molecule has 1 aromatic carbocycles. The van der Waals surface area contributed by atoms with Crippen LogP contribution in [0.5, 0.6) is 0 Å². The molecule has 24 heavy (non-hydrogen) atoms. The number of halogens is 1. The number of aryl methyl sites for hydroxylation is 1. The number of nitrogens with one attached hydrogen (secondary N) is 1. The number of carbonyl (C=O) groups is 1. The summed E-state index contributed by atoms with van der Waals surface area (Å²) < 4.78 is 13.0. The number of benzene rings is 1. The zero-order valence-electron chi connectivity index (χ0n) is 13.6. The van der Waals surface area contributed by atoms with Crippen molar-refractivity contribution in [1.29, 1.82) is 0 Å². The van der Waals surface area contributed by atoms with Gasteiger partial charge in [-0.1, -0.05) is 12.1 Å². The maximum atomic E-state index is 13.0. The highest BCUT2D eigenvalue weighted by atomic mass is 32.1. The van der Waals surface area contributed by atoms with Gasteiger partial charge in [0.05, 0.1) is 10.7 Å². The van der Waals surface area contributed by atoms with Crippen LogP contribution in [0.4, 0.5) is 4.39 Å². The molecule has 0 aliphatic carbocycles. The van der Waals surface area contributed by atoms with Gasteiger partial charge in [0.2, 0.25) is 0 Å². The monoisotopic (exact) mass is 345 g/mol. The van der Waals surface area contributed by atoms with Crippen LogP contribution in [0.25, 0.3) is 0 Å². The van der Waals surface area contributed by atoms with Crippen LogP contribution in [0.15, 0.2) is 24.3 Å². The lowest BCUT2D eigenvalue weighted by atomic mass is 10.0. The fourth-order valence-electron chi connectivity index (χ4n) is 3.67. The number of hydrogen-bond donors (Lipinski definition) is 1. The second-order valence-electron chi connectivity index (χ2n) is 6.71. The van der Waals surface area contributed by atoms with Crippen molar-refractivity contribution < 1.29 is 9.18 Å². The third-order valence-electron chi connectivity index (χ3n) is 4.98. The third-order valence-corrected chi connectivity index (χ3v) is 6.13. The summed E-state index contributed by atoms with van der Waals surface area (Å²) in [5.41, 5.74) is 1.81. The highest BCUT2D eigenvalue weighted by Crippen LogP contribution is 2.30. The quantitative estimate of drug-likeness (QED) is 0.930. The van der Waals surface area contributed by atoms with Crippen molar-refractivity contribution in [2.24, 2.45) is 11.8 Å². The summed E-state index contributed by atoms with van der Waals surface area (Å²) in [4.78, 5) is 20.1. The molecule has 2 fully saturated rings. The molecule has 2 aromatic rings. The van der Waals surface area contributed by atoms with E-state index in [-0.39, 0.29) is 11.7 Å². The van der Waals surface area contributed by atoms with Crippen LogP contribution in [0, 0.1) is 24.6 Å². The SMILES string of the molecule is Cc1nc(Cc2ccc(F)cc2)sc1C(=O)N1C[C@H]2CNC[C@H]2C1. The molecule has 126 valence electrons. The molecule has 4 nitrogen and oxygen atoms in total. The summed E-state index contributed by atoms with van der Waals surface area (Å²) in [6, 6.07) is 6.45. The average Bonchev–Trinajstić information content (AvgIpc) is 3.23. The van der Waals surface area contributed by atoms with Crippen LogP contribution in [-0.4, -0.2) is 42.0 Å². The molecule has 2 aliphatic rings. The minimum atomic E-state index is -0.237. The van der Waals surface area contributed by atoms with E-state index in [9.17, 15) is 9.18 Å². The number of likely N-dealkylation sites (tertiary alicyclic amines) is 1. The van der Waals surface area contributed by atoms with Gasteiger partial charge >= 0.3 is 0 Å². The molecule has 0 unspecified atom stereocenters. The Labute approximate surface area is 144 Å². The summed E-state index contributed by atoms with van der Waals surface area (Å²) in [6.07, 6.45) is 0.633. The van der Waals surface area contributed by atoms with Gasteiger partial charge < -0.3 is 10.2 Å². The second kappa shape index (κ2) is 6.26. The van der Waals surface area contributed by atoms with Gasteiger partial charge in [0.1, 0.15) is 10.7 Å². The third kappa shape index (κ3) is 2.96. The molecule has 3 heterocycles. The Bertz CT molecular complexity index is 746. The molecule has 1 amide bonds. The van der Waals surface area contributed by atoms with Gasteiger partial charge in [-0.25, -0.2) is 9.37 Å². The highest BCUT2D eigenvalue weighted by molar-refractivity contribution is 7.13. The lowest BCUT2D eigenvalue weighted by molar-refractivity contribution is 0.0785. The fourth-order valence-corrected chi connectivity index (χ4v) is 4.73. The van der Waals surface area contributed by atoms with Gasteiger partial charge in [-0.2, -0.15) is 0 Å². The van der Waals surface area contributed by atoms with Gasteiger partial charge in [-0.3, -0.25) is 4.79 Å². The Morgan fingerprint density at radius 1 is 1.29 bits per heavy atom. The van der Waals surface area contributed by atoms with E-state index in [2.05, 4.69) is 10.3 Å². The molecule has 0 bridgehead atoms. The Morgan fingerprint density at radius 3 is 2.62 bits per heavy atom. The van der Waals surface area contributed by atoms with Crippen LogP contribution >= 0.6 is 11.3 Å². The fraction of sp³-hybridized carbons (Fsp3) is 0.444. The maximum absolute atomic E-state index is 13.0. The smallest absolute Gasteiger partial charge is 0.265 e. The maximum Gasteiger partial charge on any atom is 0.265 e. The molecule has 1 N–H and O–H groups in total. The molecule has 2 aliphatic heterocycles. The van der Waals surface area contributed by atoms with Gasteiger partial charge in [0.25, 0.3) is 5.91 Å². The van der Waals surface area contributed by atoms with Crippen LogP contribution in [0.1, 0.15) is 25.9 Å². The Kier molecular flexibility index (Phi) is 4.10. The van der Waals surface area contributed by atoms with Crippen molar-refractivity contribution >= 4 is 17.2 Å². The molecule has 1 aromatic heterocycles. The zero-order chi connectivity index (χ0) is 16.7. The van der Waals surface area contributed by atoms with Crippen LogP contribution in [0.3, 0.4) is 0 Å². The molecule has 4 rings (SSSR count). The second-order valence-corrected chi connectivity index (χ2v) is 7.80. The van der Waals surface area contributed by atoms with Crippen molar-refractivity contribution in [2.45, 2.75) is 13.3 Å². The number of aromatic nitrogens is 1. The van der Waals surface area contributed by atoms with Gasteiger partial charge in [-0.15, -0.1) is 11.3 Å². The van der Waals surface area contributed by atoms with Gasteiger partial charge in [0.15, 0.2) is 0 Å². The Hall–Kier alpha value is -1.79. The molecule has 0 radical (unpaired) electrons. The van der Waals surface area contributed by atoms with Crippen LogP contribution in [-0.2, 0) is 6.42 Å². The van der Waals surface area contributed by atoms with Gasteiger partial charge in [0, 0.05) is 32.6 Å². The van der Waals surface area contributed by atoms with Crippen molar-refractivity contribution in [2.75, 3.05) is 26.2 Å². The lowest BCUT2D eigenvalue weighted by Gasteiger charge is -2.16. The molecule has 2 saturated heterocycles. The first-order valence-electron chi connectivity index (χ1n) is 8.31. The topological polar surface area (TPSA) is 45.2 Å². The number of amides is 1. The first-order chi connectivity index (χ1) is 11.6. The van der Waals surface area contributed by atoms with Crippen molar-refractivity contribution in [3.05, 3.63) is 51.2 Å². The van der Waals surface area contributed by atoms with E-state index in [0.29, 0.717) is 18.3 Å². The molecule has 0 saturated carbocycles. The molecular weight excluding hydrogens is 325 g/mol. The lowest BCUT2D eigenvalue weighted by Crippen LogP contribution is -2.31. The number of hydrogen-bond acceptors (Lipinski definition) is 4. The average molecular weight is 345 g/mol. The van der Waals surface area contributed by atoms with Gasteiger partial charge in [-0.05, 0) is 36.5 Å². The summed E-state index contributed by atoms with van der Waals surface area (Å²) >= 11 is 1.47. The normalized spacial score (nSPS) is 22.8. The Morgan fingerprint density at radius 2 is 1.96 bits per heavy atom. The number of fused-ring (bicyclic) bond motifs is 1. The van der Waals surface area contributed by atoms with E-state index >= 15 is 0 Å². The van der Waals surface area contributed by atoms with E-state index in [1.807, 2.05) is 11.8 Å². The van der Waals surface area contributed by atoms with E-state index in [4.69, 9.17) is 0 Å². The molecule has 0 spiro atoms. The predicted octanol–water partition coefficient (Wildman–Crippen LogP) is 2.47.